The fourth-order valence-electron chi connectivity index (χ4n) is 2.40. The van der Waals surface area contributed by atoms with Gasteiger partial charge in [0.1, 0.15) is 5.75 Å². The Morgan fingerprint density at radius 2 is 1.64 bits per heavy atom. The standard InChI is InChI=1S/C21H18ClN3O3/c1-14(28-17-10-8-16(22)9-11-17)20(26)24-18-6-2-3-7-19(18)25-21(27)15-5-4-12-23-13-15/h2-14H,1H3,(H,24,26)(H,25,27). The van der Waals surface area contributed by atoms with Crippen molar-refractivity contribution in [1.29, 1.82) is 0 Å². The molecule has 28 heavy (non-hydrogen) atoms. The van der Waals surface area contributed by atoms with E-state index in [1.54, 1.807) is 73.8 Å². The second-order valence-corrected chi connectivity index (χ2v) is 6.38. The number of hydrogen-bond acceptors (Lipinski definition) is 4. The summed E-state index contributed by atoms with van der Waals surface area (Å²) in [7, 11) is 0. The molecule has 6 nitrogen and oxygen atoms in total. The number of halogens is 1. The van der Waals surface area contributed by atoms with Crippen LogP contribution in [0.15, 0.2) is 73.1 Å². The average Bonchev–Trinajstić information content (AvgIpc) is 2.71. The summed E-state index contributed by atoms with van der Waals surface area (Å²) in [6.07, 6.45) is 2.31. The number of nitrogens with zero attached hydrogens (tertiary/aromatic N) is 1. The average molecular weight is 396 g/mol. The van der Waals surface area contributed by atoms with Gasteiger partial charge in [-0.05, 0) is 55.5 Å². The number of carbonyl (C=O) groups is 2. The van der Waals surface area contributed by atoms with Crippen LogP contribution in [-0.2, 0) is 4.79 Å². The molecule has 0 spiro atoms. The van der Waals surface area contributed by atoms with Gasteiger partial charge in [-0.25, -0.2) is 0 Å². The van der Waals surface area contributed by atoms with E-state index in [4.69, 9.17) is 16.3 Å². The number of amides is 2. The van der Waals surface area contributed by atoms with Crippen molar-refractivity contribution in [3.63, 3.8) is 0 Å². The smallest absolute Gasteiger partial charge is 0.265 e. The Balaban J connectivity index is 1.67. The number of anilines is 2. The van der Waals surface area contributed by atoms with Gasteiger partial charge in [0.25, 0.3) is 11.8 Å². The molecule has 0 radical (unpaired) electrons. The number of carbonyl (C=O) groups excluding carboxylic acids is 2. The van der Waals surface area contributed by atoms with Crippen LogP contribution in [0.3, 0.4) is 0 Å². The van der Waals surface area contributed by atoms with Crippen LogP contribution in [0.25, 0.3) is 0 Å². The summed E-state index contributed by atoms with van der Waals surface area (Å²) >= 11 is 5.85. The number of benzene rings is 2. The third-order valence-electron chi connectivity index (χ3n) is 3.85. The quantitative estimate of drug-likeness (QED) is 0.648. The van der Waals surface area contributed by atoms with Gasteiger partial charge in [-0.2, -0.15) is 0 Å². The molecular weight excluding hydrogens is 378 g/mol. The van der Waals surface area contributed by atoms with Crippen molar-refractivity contribution in [2.75, 3.05) is 10.6 Å². The molecule has 0 aliphatic carbocycles. The second-order valence-electron chi connectivity index (χ2n) is 5.94. The second kappa shape index (κ2) is 9.01. The summed E-state index contributed by atoms with van der Waals surface area (Å²) < 4.78 is 5.63. The summed E-state index contributed by atoms with van der Waals surface area (Å²) in [6.45, 7) is 1.64. The minimum atomic E-state index is -0.747. The topological polar surface area (TPSA) is 80.3 Å². The summed E-state index contributed by atoms with van der Waals surface area (Å²) in [5.74, 6) is -0.136. The van der Waals surface area contributed by atoms with E-state index in [9.17, 15) is 9.59 Å². The molecule has 0 aliphatic heterocycles. The minimum absolute atomic E-state index is 0.319. The van der Waals surface area contributed by atoms with Gasteiger partial charge in [-0.1, -0.05) is 23.7 Å². The molecule has 0 aliphatic rings. The Morgan fingerprint density at radius 1 is 0.964 bits per heavy atom. The van der Waals surface area contributed by atoms with Crippen LogP contribution in [0.2, 0.25) is 5.02 Å². The van der Waals surface area contributed by atoms with E-state index < -0.39 is 6.10 Å². The first kappa shape index (κ1) is 19.4. The number of pyridine rings is 1. The highest BCUT2D eigenvalue weighted by molar-refractivity contribution is 6.30. The molecule has 2 amide bonds. The van der Waals surface area contributed by atoms with Crippen molar-refractivity contribution in [2.45, 2.75) is 13.0 Å². The number of aromatic nitrogens is 1. The first-order valence-electron chi connectivity index (χ1n) is 8.56. The number of para-hydroxylation sites is 2. The van der Waals surface area contributed by atoms with Crippen LogP contribution < -0.4 is 15.4 Å². The van der Waals surface area contributed by atoms with Crippen LogP contribution in [0.5, 0.6) is 5.75 Å². The number of nitrogens with one attached hydrogen (secondary N) is 2. The predicted octanol–water partition coefficient (Wildman–Crippen LogP) is 4.39. The third-order valence-corrected chi connectivity index (χ3v) is 4.10. The van der Waals surface area contributed by atoms with E-state index in [-0.39, 0.29) is 11.8 Å². The van der Waals surface area contributed by atoms with Crippen molar-refractivity contribution >= 4 is 34.8 Å². The summed E-state index contributed by atoms with van der Waals surface area (Å²) in [5.41, 5.74) is 1.36. The predicted molar refractivity (Wildman–Crippen MR) is 109 cm³/mol. The van der Waals surface area contributed by atoms with Gasteiger partial charge in [-0.15, -0.1) is 0 Å². The molecule has 142 valence electrons. The van der Waals surface area contributed by atoms with Crippen LogP contribution in [-0.4, -0.2) is 22.9 Å². The van der Waals surface area contributed by atoms with Gasteiger partial charge >= 0.3 is 0 Å². The van der Waals surface area contributed by atoms with E-state index in [1.165, 1.54) is 6.20 Å². The zero-order valence-electron chi connectivity index (χ0n) is 15.1. The SMILES string of the molecule is CC(Oc1ccc(Cl)cc1)C(=O)Nc1ccccc1NC(=O)c1cccnc1. The highest BCUT2D eigenvalue weighted by atomic mass is 35.5. The fraction of sp³-hybridized carbons (Fsp3) is 0.0952. The molecule has 7 heteroatoms. The van der Waals surface area contributed by atoms with Gasteiger partial charge in [-0.3, -0.25) is 14.6 Å². The highest BCUT2D eigenvalue weighted by Crippen LogP contribution is 2.23. The van der Waals surface area contributed by atoms with Gasteiger partial charge in [0, 0.05) is 17.4 Å². The van der Waals surface area contributed by atoms with E-state index in [1.807, 2.05) is 0 Å². The lowest BCUT2D eigenvalue weighted by atomic mass is 10.2. The molecule has 3 rings (SSSR count). The van der Waals surface area contributed by atoms with Crippen molar-refractivity contribution in [3.8, 4) is 5.75 Å². The first-order chi connectivity index (χ1) is 13.5. The number of ether oxygens (including phenoxy) is 1. The maximum atomic E-state index is 12.5. The third kappa shape index (κ3) is 5.08. The number of hydrogen-bond donors (Lipinski definition) is 2. The normalized spacial score (nSPS) is 11.4. The Hall–Kier alpha value is -3.38. The molecule has 0 saturated carbocycles. The lowest BCUT2D eigenvalue weighted by Gasteiger charge is -2.17. The van der Waals surface area contributed by atoms with Gasteiger partial charge in [0.15, 0.2) is 6.10 Å². The van der Waals surface area contributed by atoms with Crippen LogP contribution >= 0.6 is 11.6 Å². The molecular formula is C21H18ClN3O3. The van der Waals surface area contributed by atoms with Gasteiger partial charge < -0.3 is 15.4 Å². The maximum Gasteiger partial charge on any atom is 0.265 e. The molecule has 1 aromatic heterocycles. The van der Waals surface area contributed by atoms with E-state index in [2.05, 4.69) is 15.6 Å². The molecule has 2 aromatic carbocycles. The van der Waals surface area contributed by atoms with Gasteiger partial charge in [0.2, 0.25) is 0 Å². The molecule has 1 atom stereocenters. The monoisotopic (exact) mass is 395 g/mol. The van der Waals surface area contributed by atoms with E-state index >= 15 is 0 Å². The molecule has 0 fully saturated rings. The summed E-state index contributed by atoms with van der Waals surface area (Å²) in [4.78, 5) is 28.8. The molecule has 0 saturated heterocycles. The van der Waals surface area contributed by atoms with Crippen LogP contribution in [0, 0.1) is 0 Å². The fourth-order valence-corrected chi connectivity index (χ4v) is 2.52. The van der Waals surface area contributed by atoms with Crippen LogP contribution in [0.4, 0.5) is 11.4 Å². The molecule has 2 N–H and O–H groups in total. The maximum absolute atomic E-state index is 12.5. The van der Waals surface area contributed by atoms with E-state index in [0.29, 0.717) is 27.7 Å². The van der Waals surface area contributed by atoms with Gasteiger partial charge in [0.05, 0.1) is 16.9 Å². The molecule has 3 aromatic rings. The molecule has 1 heterocycles. The lowest BCUT2D eigenvalue weighted by Crippen LogP contribution is -2.30. The zero-order valence-corrected chi connectivity index (χ0v) is 15.8. The lowest BCUT2D eigenvalue weighted by molar-refractivity contribution is -0.122. The van der Waals surface area contributed by atoms with Crippen molar-refractivity contribution < 1.29 is 14.3 Å². The Kier molecular flexibility index (Phi) is 6.24. The zero-order chi connectivity index (χ0) is 19.9. The van der Waals surface area contributed by atoms with Crippen molar-refractivity contribution in [1.82, 2.24) is 4.98 Å². The van der Waals surface area contributed by atoms with Crippen LogP contribution in [0.1, 0.15) is 17.3 Å². The minimum Gasteiger partial charge on any atom is -0.481 e. The van der Waals surface area contributed by atoms with Crippen molar-refractivity contribution in [3.05, 3.63) is 83.6 Å². The Bertz CT molecular complexity index is 962. The summed E-state index contributed by atoms with van der Waals surface area (Å²) in [5, 5.41) is 6.14. The van der Waals surface area contributed by atoms with Crippen molar-refractivity contribution in [2.24, 2.45) is 0 Å². The Morgan fingerprint density at radius 3 is 2.29 bits per heavy atom. The highest BCUT2D eigenvalue weighted by Gasteiger charge is 2.17. The number of rotatable bonds is 6. The summed E-state index contributed by atoms with van der Waals surface area (Å²) in [6, 6.07) is 17.0. The molecule has 0 bridgehead atoms. The Labute approximate surface area is 167 Å². The first-order valence-corrected chi connectivity index (χ1v) is 8.94. The van der Waals surface area contributed by atoms with E-state index in [0.717, 1.165) is 0 Å². The largest absolute Gasteiger partial charge is 0.481 e. The molecule has 1 unspecified atom stereocenters.